The van der Waals surface area contributed by atoms with Crippen LogP contribution in [-0.4, -0.2) is 5.78 Å². The van der Waals surface area contributed by atoms with Gasteiger partial charge in [-0.15, -0.1) is 0 Å². The lowest BCUT2D eigenvalue weighted by atomic mass is 9.77. The summed E-state index contributed by atoms with van der Waals surface area (Å²) in [5.41, 5.74) is 7.64. The molecule has 2 aliphatic rings. The summed E-state index contributed by atoms with van der Waals surface area (Å²) in [7, 11) is 0. The highest BCUT2D eigenvalue weighted by Crippen LogP contribution is 2.44. The van der Waals surface area contributed by atoms with Gasteiger partial charge in [-0.3, -0.25) is 4.79 Å². The number of halogens is 1. The van der Waals surface area contributed by atoms with E-state index in [2.05, 4.69) is 22.0 Å². The molecule has 1 atom stereocenters. The monoisotopic (exact) mass is 344 g/mol. The highest BCUT2D eigenvalue weighted by molar-refractivity contribution is 9.10. The Hall–Kier alpha value is -2.06. The second kappa shape index (κ2) is 5.38. The summed E-state index contributed by atoms with van der Waals surface area (Å²) in [6.45, 7) is 0. The summed E-state index contributed by atoms with van der Waals surface area (Å²) in [6.07, 6.45) is 1.93. The second-order valence-electron chi connectivity index (χ2n) is 5.06. The Morgan fingerprint density at radius 3 is 2.81 bits per heavy atom. The molecule has 0 bridgehead atoms. The first-order valence-electron chi connectivity index (χ1n) is 6.71. The van der Waals surface area contributed by atoms with Gasteiger partial charge in [-0.1, -0.05) is 34.1 Å². The molecule has 0 saturated carbocycles. The molecule has 0 spiro atoms. The lowest BCUT2D eigenvalue weighted by Gasteiger charge is -2.31. The summed E-state index contributed by atoms with van der Waals surface area (Å²) in [4.78, 5) is 12.4. The SMILES string of the molecule is N#CC1=C(N)OC2=C(C(=O)CCC2)[C@@H]1c1ccccc1Br. The minimum atomic E-state index is -0.442. The van der Waals surface area contributed by atoms with Crippen LogP contribution in [0.3, 0.4) is 0 Å². The second-order valence-corrected chi connectivity index (χ2v) is 5.91. The number of nitrogens with two attached hydrogens (primary N) is 1. The molecule has 0 unspecified atom stereocenters. The Bertz CT molecular complexity index is 728. The first kappa shape index (κ1) is 13.9. The van der Waals surface area contributed by atoms with Gasteiger partial charge in [0.1, 0.15) is 17.4 Å². The molecule has 2 N–H and O–H groups in total. The van der Waals surface area contributed by atoms with Crippen LogP contribution in [0, 0.1) is 11.3 Å². The Morgan fingerprint density at radius 2 is 2.10 bits per heavy atom. The van der Waals surface area contributed by atoms with Crippen LogP contribution in [0.4, 0.5) is 0 Å². The maximum absolute atomic E-state index is 12.4. The Balaban J connectivity index is 2.23. The smallest absolute Gasteiger partial charge is 0.205 e. The average molecular weight is 345 g/mol. The topological polar surface area (TPSA) is 76.1 Å². The van der Waals surface area contributed by atoms with Crippen LogP contribution < -0.4 is 5.73 Å². The lowest BCUT2D eigenvalue weighted by molar-refractivity contribution is -0.116. The fraction of sp³-hybridized carbons (Fsp3) is 0.250. The van der Waals surface area contributed by atoms with Gasteiger partial charge >= 0.3 is 0 Å². The molecule has 1 aromatic carbocycles. The minimum Gasteiger partial charge on any atom is -0.444 e. The van der Waals surface area contributed by atoms with Gasteiger partial charge in [-0.05, 0) is 18.1 Å². The van der Waals surface area contributed by atoms with Crippen molar-refractivity contribution in [2.75, 3.05) is 0 Å². The molecule has 106 valence electrons. The van der Waals surface area contributed by atoms with Crippen molar-refractivity contribution >= 4 is 21.7 Å². The number of ketones is 1. The van der Waals surface area contributed by atoms with Gasteiger partial charge in [0.15, 0.2) is 5.78 Å². The standard InChI is InChI=1S/C16H13BrN2O2/c17-11-5-2-1-4-9(11)14-10(8-18)16(19)21-13-7-3-6-12(20)15(13)14/h1-2,4-5,14H,3,6-7,19H2/t14-/m1/s1. The Kier molecular flexibility index (Phi) is 3.56. The van der Waals surface area contributed by atoms with E-state index >= 15 is 0 Å². The lowest BCUT2D eigenvalue weighted by Crippen LogP contribution is -2.27. The molecule has 1 aliphatic carbocycles. The molecule has 0 aromatic heterocycles. The zero-order valence-corrected chi connectivity index (χ0v) is 12.8. The van der Waals surface area contributed by atoms with E-state index < -0.39 is 5.92 Å². The molecule has 0 radical (unpaired) electrons. The van der Waals surface area contributed by atoms with Gasteiger partial charge in [-0.2, -0.15) is 5.26 Å². The van der Waals surface area contributed by atoms with E-state index in [4.69, 9.17) is 10.5 Å². The molecule has 0 fully saturated rings. The quantitative estimate of drug-likeness (QED) is 0.848. The molecule has 5 heteroatoms. The molecular formula is C16H13BrN2O2. The molecule has 1 aromatic rings. The predicted octanol–water partition coefficient (Wildman–Crippen LogP) is 3.26. The third-order valence-corrected chi connectivity index (χ3v) is 4.54. The van der Waals surface area contributed by atoms with Crippen molar-refractivity contribution in [1.29, 1.82) is 5.26 Å². The van der Waals surface area contributed by atoms with Crippen molar-refractivity contribution in [1.82, 2.24) is 0 Å². The van der Waals surface area contributed by atoms with Crippen molar-refractivity contribution in [3.8, 4) is 6.07 Å². The maximum Gasteiger partial charge on any atom is 0.205 e. The number of allylic oxidation sites excluding steroid dienone is 3. The van der Waals surface area contributed by atoms with Crippen molar-refractivity contribution in [2.24, 2.45) is 5.73 Å². The number of Topliss-reactive ketones (excluding diaryl/α,β-unsaturated/α-hetero) is 1. The molecule has 0 amide bonds. The van der Waals surface area contributed by atoms with Gasteiger partial charge in [-0.25, -0.2) is 0 Å². The van der Waals surface area contributed by atoms with E-state index in [-0.39, 0.29) is 11.7 Å². The number of nitriles is 1. The summed E-state index contributed by atoms with van der Waals surface area (Å²) in [6, 6.07) is 9.67. The van der Waals surface area contributed by atoms with Crippen LogP contribution in [0.5, 0.6) is 0 Å². The largest absolute Gasteiger partial charge is 0.444 e. The van der Waals surface area contributed by atoms with Crippen LogP contribution in [-0.2, 0) is 9.53 Å². The summed E-state index contributed by atoms with van der Waals surface area (Å²) in [5.74, 6) is 0.314. The fourth-order valence-electron chi connectivity index (χ4n) is 2.88. The molecule has 4 nitrogen and oxygen atoms in total. The zero-order chi connectivity index (χ0) is 15.0. The molecule has 1 heterocycles. The Labute approximate surface area is 131 Å². The van der Waals surface area contributed by atoms with Crippen LogP contribution in [0.1, 0.15) is 30.7 Å². The number of carbonyl (C=O) groups excluding carboxylic acids is 1. The number of ether oxygens (including phenoxy) is 1. The first-order chi connectivity index (χ1) is 10.1. The van der Waals surface area contributed by atoms with E-state index in [0.717, 1.165) is 16.5 Å². The normalized spacial score (nSPS) is 21.7. The van der Waals surface area contributed by atoms with E-state index in [1.165, 1.54) is 0 Å². The van der Waals surface area contributed by atoms with Crippen LogP contribution >= 0.6 is 15.9 Å². The molecule has 21 heavy (non-hydrogen) atoms. The molecule has 1 aliphatic heterocycles. The van der Waals surface area contributed by atoms with E-state index in [9.17, 15) is 10.1 Å². The van der Waals surface area contributed by atoms with Gasteiger partial charge in [0.25, 0.3) is 0 Å². The van der Waals surface area contributed by atoms with Gasteiger partial charge < -0.3 is 10.5 Å². The number of benzene rings is 1. The van der Waals surface area contributed by atoms with E-state index in [1.807, 2.05) is 24.3 Å². The third kappa shape index (κ3) is 2.26. The van der Waals surface area contributed by atoms with Crippen LogP contribution in [0.15, 0.2) is 51.5 Å². The van der Waals surface area contributed by atoms with Gasteiger partial charge in [0.2, 0.25) is 5.88 Å². The zero-order valence-electron chi connectivity index (χ0n) is 11.2. The number of carbonyl (C=O) groups is 1. The van der Waals surface area contributed by atoms with Gasteiger partial charge in [0, 0.05) is 22.9 Å². The van der Waals surface area contributed by atoms with E-state index in [0.29, 0.717) is 29.7 Å². The Morgan fingerprint density at radius 1 is 1.33 bits per heavy atom. The van der Waals surface area contributed by atoms with Crippen molar-refractivity contribution in [3.63, 3.8) is 0 Å². The summed E-state index contributed by atoms with van der Waals surface area (Å²) >= 11 is 3.50. The first-order valence-corrected chi connectivity index (χ1v) is 7.51. The van der Waals surface area contributed by atoms with Crippen LogP contribution in [0.2, 0.25) is 0 Å². The molecule has 3 rings (SSSR count). The summed E-state index contributed by atoms with van der Waals surface area (Å²) < 4.78 is 6.38. The molecule has 0 saturated heterocycles. The highest BCUT2D eigenvalue weighted by atomic mass is 79.9. The van der Waals surface area contributed by atoms with Crippen LogP contribution in [0.25, 0.3) is 0 Å². The number of hydrogen-bond acceptors (Lipinski definition) is 4. The van der Waals surface area contributed by atoms with Crippen molar-refractivity contribution in [3.05, 3.63) is 57.1 Å². The van der Waals surface area contributed by atoms with Gasteiger partial charge in [0.05, 0.1) is 5.92 Å². The number of hydrogen-bond donors (Lipinski definition) is 1. The minimum absolute atomic E-state index is 0.0391. The average Bonchev–Trinajstić information content (AvgIpc) is 2.47. The van der Waals surface area contributed by atoms with Crippen molar-refractivity contribution < 1.29 is 9.53 Å². The number of rotatable bonds is 1. The summed E-state index contributed by atoms with van der Waals surface area (Å²) in [5, 5.41) is 9.44. The molecular weight excluding hydrogens is 332 g/mol. The fourth-order valence-corrected chi connectivity index (χ4v) is 3.39. The predicted molar refractivity (Wildman–Crippen MR) is 80.7 cm³/mol. The van der Waals surface area contributed by atoms with E-state index in [1.54, 1.807) is 0 Å². The third-order valence-electron chi connectivity index (χ3n) is 3.82. The maximum atomic E-state index is 12.4. The highest BCUT2D eigenvalue weighted by Gasteiger charge is 2.38. The van der Waals surface area contributed by atoms with Crippen molar-refractivity contribution in [2.45, 2.75) is 25.2 Å². The number of nitrogens with zero attached hydrogens (tertiary/aromatic N) is 1.